The monoisotopic (exact) mass is 643 g/mol. The van der Waals surface area contributed by atoms with Crippen LogP contribution in [0.15, 0.2) is 12.4 Å². The fourth-order valence-corrected chi connectivity index (χ4v) is 7.59. The summed E-state index contributed by atoms with van der Waals surface area (Å²) in [6.07, 6.45) is 54.2. The maximum absolute atomic E-state index is 5.03. The molecule has 0 N–H and O–H groups in total. The van der Waals surface area contributed by atoms with Crippen LogP contribution in [0.2, 0.25) is 0 Å². The zero-order valence-corrected chi connectivity index (χ0v) is 32.5. The molecule has 0 fully saturated rings. The summed E-state index contributed by atoms with van der Waals surface area (Å²) in [4.78, 5) is 5.03. The Morgan fingerprint density at radius 2 is 0.696 bits per heavy atom. The normalized spacial score (nSPS) is 13.0. The van der Waals surface area contributed by atoms with E-state index in [1.165, 1.54) is 231 Å². The number of hydrogen-bond donors (Lipinski definition) is 0. The minimum absolute atomic E-state index is 0.587. The second-order valence-electron chi connectivity index (χ2n) is 15.4. The van der Waals surface area contributed by atoms with Crippen molar-refractivity contribution in [1.82, 2.24) is 9.55 Å². The van der Waals surface area contributed by atoms with Gasteiger partial charge in [-0.3, -0.25) is 0 Å². The molecule has 0 radical (unpaired) electrons. The van der Waals surface area contributed by atoms with Gasteiger partial charge in [0.2, 0.25) is 0 Å². The summed E-state index contributed by atoms with van der Waals surface area (Å²) in [6.45, 7) is 9.40. The molecule has 1 heterocycles. The van der Waals surface area contributed by atoms with E-state index in [0.717, 1.165) is 0 Å². The maximum atomic E-state index is 5.03. The van der Waals surface area contributed by atoms with E-state index in [1.807, 2.05) is 0 Å². The number of imidazole rings is 1. The topological polar surface area (TPSA) is 17.8 Å². The molecule has 0 saturated heterocycles. The molecule has 0 bridgehead atoms. The number of unbranched alkanes of at least 4 members (excludes halogenated alkanes) is 29. The fraction of sp³-hybridized carbons (Fsp3) is 0.932. The largest absolute Gasteiger partial charge is 0.332 e. The van der Waals surface area contributed by atoms with Gasteiger partial charge >= 0.3 is 0 Å². The minimum Gasteiger partial charge on any atom is -0.332 e. The van der Waals surface area contributed by atoms with Gasteiger partial charge in [0.05, 0.1) is 0 Å². The van der Waals surface area contributed by atoms with Crippen molar-refractivity contribution in [3.8, 4) is 0 Å². The van der Waals surface area contributed by atoms with E-state index in [-0.39, 0.29) is 0 Å². The van der Waals surface area contributed by atoms with Gasteiger partial charge in [0, 0.05) is 24.4 Å². The molecule has 2 atom stereocenters. The van der Waals surface area contributed by atoms with E-state index < -0.39 is 0 Å². The van der Waals surface area contributed by atoms with Crippen molar-refractivity contribution < 1.29 is 0 Å². The molecule has 2 unspecified atom stereocenters. The molecule has 1 aromatic heterocycles. The molecule has 1 rings (SSSR count). The lowest BCUT2D eigenvalue weighted by Crippen LogP contribution is -2.13. The Bertz CT molecular complexity index is 709. The van der Waals surface area contributed by atoms with Crippen LogP contribution in [0.3, 0.4) is 0 Å². The zero-order valence-electron chi connectivity index (χ0n) is 32.5. The van der Waals surface area contributed by atoms with E-state index >= 15 is 0 Å². The molecule has 2 heteroatoms. The van der Waals surface area contributed by atoms with Crippen LogP contribution in [-0.2, 0) is 0 Å². The van der Waals surface area contributed by atoms with Crippen molar-refractivity contribution >= 4 is 0 Å². The van der Waals surface area contributed by atoms with Crippen LogP contribution in [0.4, 0.5) is 0 Å². The predicted octanol–water partition coefficient (Wildman–Crippen LogP) is 16.2. The van der Waals surface area contributed by atoms with E-state index in [2.05, 4.69) is 44.7 Å². The molecular weight excluding hydrogens is 556 g/mol. The second kappa shape index (κ2) is 34.1. The number of rotatable bonds is 37. The van der Waals surface area contributed by atoms with Gasteiger partial charge in [-0.1, -0.05) is 226 Å². The molecule has 0 saturated carbocycles. The average molecular weight is 643 g/mol. The summed E-state index contributed by atoms with van der Waals surface area (Å²) in [7, 11) is 0. The summed E-state index contributed by atoms with van der Waals surface area (Å²) < 4.78 is 2.59. The summed E-state index contributed by atoms with van der Waals surface area (Å²) in [6, 6.07) is 0.587. The Balaban J connectivity index is 2.34. The molecule has 272 valence electrons. The SMILES string of the molecule is CCCCCCCCCCCCCCCCCC(CCCCCCCCC)c1nccn1C(C)CCCCCCCCCCCC. The molecule has 0 aliphatic heterocycles. The van der Waals surface area contributed by atoms with Crippen LogP contribution in [-0.4, -0.2) is 9.55 Å². The van der Waals surface area contributed by atoms with Crippen molar-refractivity contribution in [1.29, 1.82) is 0 Å². The molecule has 0 spiro atoms. The van der Waals surface area contributed by atoms with Gasteiger partial charge in [-0.15, -0.1) is 0 Å². The molecule has 2 nitrogen and oxygen atoms in total. The van der Waals surface area contributed by atoms with E-state index in [1.54, 1.807) is 0 Å². The van der Waals surface area contributed by atoms with Crippen molar-refractivity contribution in [2.75, 3.05) is 0 Å². The van der Waals surface area contributed by atoms with E-state index in [9.17, 15) is 0 Å². The van der Waals surface area contributed by atoms with Crippen LogP contribution < -0.4 is 0 Å². The highest BCUT2D eigenvalue weighted by Gasteiger charge is 2.19. The van der Waals surface area contributed by atoms with Gasteiger partial charge in [-0.2, -0.15) is 0 Å². The molecule has 0 aliphatic carbocycles. The van der Waals surface area contributed by atoms with Crippen molar-refractivity contribution in [2.45, 2.75) is 264 Å². The Labute approximate surface area is 291 Å². The first kappa shape index (κ1) is 43.2. The third-order valence-electron chi connectivity index (χ3n) is 10.8. The molecule has 1 aromatic rings. The average Bonchev–Trinajstić information content (AvgIpc) is 3.56. The van der Waals surface area contributed by atoms with E-state index in [0.29, 0.717) is 12.0 Å². The lowest BCUT2D eigenvalue weighted by Gasteiger charge is -2.22. The summed E-state index contributed by atoms with van der Waals surface area (Å²) in [5.74, 6) is 2.07. The van der Waals surface area contributed by atoms with Gasteiger partial charge in [0.1, 0.15) is 5.82 Å². The van der Waals surface area contributed by atoms with Gasteiger partial charge in [0.25, 0.3) is 0 Å². The summed E-state index contributed by atoms with van der Waals surface area (Å²) in [5, 5.41) is 0. The smallest absolute Gasteiger partial charge is 0.111 e. The Morgan fingerprint density at radius 3 is 1.02 bits per heavy atom. The second-order valence-corrected chi connectivity index (χ2v) is 15.4. The molecule has 0 amide bonds. The number of nitrogens with zero attached hydrogens (tertiary/aromatic N) is 2. The van der Waals surface area contributed by atoms with Gasteiger partial charge < -0.3 is 4.57 Å². The first-order valence-electron chi connectivity index (χ1n) is 21.8. The first-order chi connectivity index (χ1) is 22.7. The highest BCUT2D eigenvalue weighted by molar-refractivity contribution is 5.02. The van der Waals surface area contributed by atoms with Crippen LogP contribution in [0.1, 0.15) is 270 Å². The minimum atomic E-state index is 0.587. The number of hydrogen-bond acceptors (Lipinski definition) is 1. The summed E-state index contributed by atoms with van der Waals surface area (Å²) in [5.41, 5.74) is 0. The predicted molar refractivity (Wildman–Crippen MR) is 208 cm³/mol. The Kier molecular flexibility index (Phi) is 32.0. The van der Waals surface area contributed by atoms with Gasteiger partial charge in [0.15, 0.2) is 0 Å². The lowest BCUT2D eigenvalue weighted by atomic mass is 9.92. The number of aromatic nitrogens is 2. The van der Waals surface area contributed by atoms with Crippen LogP contribution in [0, 0.1) is 0 Å². The lowest BCUT2D eigenvalue weighted by molar-refractivity contribution is 0.412. The first-order valence-corrected chi connectivity index (χ1v) is 21.8. The highest BCUT2D eigenvalue weighted by atomic mass is 15.1. The third kappa shape index (κ3) is 25.3. The molecule has 46 heavy (non-hydrogen) atoms. The fourth-order valence-electron chi connectivity index (χ4n) is 7.59. The van der Waals surface area contributed by atoms with Crippen molar-refractivity contribution in [3.05, 3.63) is 18.2 Å². The van der Waals surface area contributed by atoms with Crippen LogP contribution >= 0.6 is 0 Å². The summed E-state index contributed by atoms with van der Waals surface area (Å²) >= 11 is 0. The van der Waals surface area contributed by atoms with Gasteiger partial charge in [-0.25, -0.2) is 4.98 Å². The third-order valence-corrected chi connectivity index (χ3v) is 10.8. The standard InChI is InChI=1S/C44H86N2/c1-5-8-11-14-17-19-21-22-23-24-25-27-30-33-36-39-43(38-35-32-28-16-13-10-7-3)44-45-40-41-46(44)42(4)37-34-31-29-26-20-18-15-12-9-6-2/h40-43H,5-39H2,1-4H3. The highest BCUT2D eigenvalue weighted by Crippen LogP contribution is 2.31. The molecule has 0 aromatic carbocycles. The molecular formula is C44H86N2. The quantitative estimate of drug-likeness (QED) is 0.0660. The molecule has 0 aliphatic rings. The van der Waals surface area contributed by atoms with Crippen LogP contribution in [0.25, 0.3) is 0 Å². The van der Waals surface area contributed by atoms with Crippen molar-refractivity contribution in [3.63, 3.8) is 0 Å². The van der Waals surface area contributed by atoms with E-state index in [4.69, 9.17) is 4.98 Å². The Hall–Kier alpha value is -0.790. The zero-order chi connectivity index (χ0) is 33.2. The van der Waals surface area contributed by atoms with Crippen molar-refractivity contribution in [2.24, 2.45) is 0 Å². The van der Waals surface area contributed by atoms with Crippen LogP contribution in [0.5, 0.6) is 0 Å². The maximum Gasteiger partial charge on any atom is 0.111 e. The Morgan fingerprint density at radius 1 is 0.413 bits per heavy atom. The van der Waals surface area contributed by atoms with Gasteiger partial charge in [-0.05, 0) is 26.2 Å².